The monoisotopic (exact) mass is 886 g/mol. The van der Waals surface area contributed by atoms with Gasteiger partial charge in [0.25, 0.3) is 0 Å². The van der Waals surface area contributed by atoms with Crippen LogP contribution in [0.2, 0.25) is 0 Å². The molecule has 11 rings (SSSR count). The van der Waals surface area contributed by atoms with Gasteiger partial charge in [-0.2, -0.15) is 0 Å². The second kappa shape index (κ2) is 16.6. The van der Waals surface area contributed by atoms with Gasteiger partial charge >= 0.3 is 6.09 Å². The molecule has 4 amide bonds. The summed E-state index contributed by atoms with van der Waals surface area (Å²) < 4.78 is 10.4. The Balaban J connectivity index is 0.867. The number of amides is 4. The average Bonchev–Trinajstić information content (AvgIpc) is 4.10. The highest BCUT2D eigenvalue weighted by molar-refractivity contribution is 6.07. The average molecular weight is 887 g/mol. The van der Waals surface area contributed by atoms with Gasteiger partial charge in [0.1, 0.15) is 23.7 Å². The van der Waals surface area contributed by atoms with E-state index in [-0.39, 0.29) is 53.6 Å². The lowest BCUT2D eigenvalue weighted by molar-refractivity contribution is -0.138. The number of aromatic nitrogens is 4. The van der Waals surface area contributed by atoms with E-state index in [2.05, 4.69) is 69.1 Å². The summed E-state index contributed by atoms with van der Waals surface area (Å²) in [5, 5.41) is 10.1. The van der Waals surface area contributed by atoms with E-state index in [0.29, 0.717) is 25.5 Å². The van der Waals surface area contributed by atoms with E-state index < -0.39 is 18.2 Å². The van der Waals surface area contributed by atoms with Gasteiger partial charge in [0.2, 0.25) is 17.7 Å². The number of imidazole rings is 2. The number of benzene rings is 5. The van der Waals surface area contributed by atoms with Gasteiger partial charge < -0.3 is 39.9 Å². The van der Waals surface area contributed by atoms with Crippen LogP contribution in [0.5, 0.6) is 0 Å². The van der Waals surface area contributed by atoms with Crippen molar-refractivity contribution < 1.29 is 28.7 Å². The maximum absolute atomic E-state index is 14.6. The lowest BCUT2D eigenvalue weighted by Gasteiger charge is -2.31. The Morgan fingerprint density at radius 2 is 1.38 bits per heavy atom. The van der Waals surface area contributed by atoms with E-state index in [4.69, 9.17) is 19.4 Å². The van der Waals surface area contributed by atoms with Crippen molar-refractivity contribution in [2.24, 2.45) is 23.7 Å². The number of hydrogen-bond acceptors (Lipinski definition) is 8. The minimum atomic E-state index is -0.794. The number of H-pyrrole nitrogens is 2. The predicted octanol–water partition coefficient (Wildman–Crippen LogP) is 8.26. The van der Waals surface area contributed by atoms with Crippen molar-refractivity contribution in [3.8, 4) is 11.1 Å². The van der Waals surface area contributed by atoms with E-state index in [1.807, 2.05) is 66.1 Å². The summed E-state index contributed by atoms with van der Waals surface area (Å²) in [7, 11) is 2.99. The van der Waals surface area contributed by atoms with E-state index in [0.717, 1.165) is 97.6 Å². The summed E-state index contributed by atoms with van der Waals surface area (Å²) in [6.07, 6.45) is 3.57. The molecule has 4 heterocycles. The van der Waals surface area contributed by atoms with Crippen molar-refractivity contribution in [3.63, 3.8) is 0 Å². The number of methoxy groups -OCH3 is 2. The molecule has 4 fully saturated rings. The summed E-state index contributed by atoms with van der Waals surface area (Å²) in [5.74, 6) is 1.56. The van der Waals surface area contributed by atoms with Crippen molar-refractivity contribution in [2.45, 2.75) is 76.2 Å². The number of carbonyl (C=O) groups is 4. The van der Waals surface area contributed by atoms with Gasteiger partial charge in [0.15, 0.2) is 0 Å². The largest absolute Gasteiger partial charge is 0.453 e. The van der Waals surface area contributed by atoms with Crippen LogP contribution in [0.15, 0.2) is 91.0 Å². The van der Waals surface area contributed by atoms with Crippen molar-refractivity contribution in [1.82, 2.24) is 40.4 Å². The van der Waals surface area contributed by atoms with Crippen LogP contribution in [-0.4, -0.2) is 93.0 Å². The van der Waals surface area contributed by atoms with E-state index in [1.165, 1.54) is 7.11 Å². The molecule has 2 saturated carbocycles. The molecule has 0 spiro atoms. The Bertz CT molecular complexity index is 3050. The molecule has 4 N–H and O–H groups in total. The van der Waals surface area contributed by atoms with Gasteiger partial charge in [-0.05, 0) is 95.7 Å². The minimum absolute atomic E-state index is 0.0319. The molecule has 0 unspecified atom stereocenters. The standard InChI is InChI=1S/C52H54N8O6/c1-27(2)43(58-52(64)66-4)51(63)60-40-23-35(40)24-42(60)48-54-39-19-15-34-22-32(13-17-37(34)46(39)56-48)31-12-16-36-33(21-31)14-18-38-45(36)55-47(53-38)41-20-28(26-65-3)25-59(41)50(62)44(29-8-6-5-7-9-29)57-49(61)30-10-11-30/h5-9,12-19,21-22,27-28,30,35,40-44H,10-11,20,23-26H2,1-4H3,(H,53,55)(H,54,56)(H,57,61)(H,58,64)/t28-,35+,40+,41-,42-,43-,44+/m0/s1. The highest BCUT2D eigenvalue weighted by atomic mass is 16.5. The van der Waals surface area contributed by atoms with Crippen molar-refractivity contribution in [3.05, 3.63) is 108 Å². The number of piperidine rings is 1. The van der Waals surface area contributed by atoms with E-state index >= 15 is 0 Å². The van der Waals surface area contributed by atoms with Gasteiger partial charge in [0.05, 0.1) is 47.9 Å². The first-order chi connectivity index (χ1) is 32.1. The lowest BCUT2D eigenvalue weighted by Crippen LogP contribution is -2.52. The first-order valence-corrected chi connectivity index (χ1v) is 23.2. The fourth-order valence-corrected chi connectivity index (χ4v) is 10.7. The lowest BCUT2D eigenvalue weighted by atomic mass is 9.98. The number of alkyl carbamates (subject to hydrolysis) is 1. The number of ether oxygens (including phenoxy) is 2. The molecule has 2 saturated heterocycles. The Morgan fingerprint density at radius 1 is 0.742 bits per heavy atom. The Morgan fingerprint density at radius 3 is 1.97 bits per heavy atom. The summed E-state index contributed by atoms with van der Waals surface area (Å²) >= 11 is 0. The molecular formula is C52H54N8O6. The van der Waals surface area contributed by atoms with Crippen LogP contribution in [0.1, 0.15) is 81.3 Å². The van der Waals surface area contributed by atoms with Gasteiger partial charge in [-0.3, -0.25) is 14.4 Å². The van der Waals surface area contributed by atoms with Crippen LogP contribution in [0.4, 0.5) is 4.79 Å². The zero-order valence-electron chi connectivity index (χ0n) is 37.5. The normalized spacial score (nSPS) is 22.3. The highest BCUT2D eigenvalue weighted by Gasteiger charge is 2.56. The third kappa shape index (κ3) is 7.50. The molecule has 5 aromatic carbocycles. The Hall–Kier alpha value is -6.80. The minimum Gasteiger partial charge on any atom is -0.453 e. The molecule has 66 heavy (non-hydrogen) atoms. The number of likely N-dealkylation sites (tertiary alicyclic amines) is 2. The molecule has 338 valence electrons. The van der Waals surface area contributed by atoms with Crippen LogP contribution in [0.3, 0.4) is 0 Å². The molecule has 14 heteroatoms. The number of hydrogen-bond donors (Lipinski definition) is 4. The van der Waals surface area contributed by atoms with Crippen molar-refractivity contribution in [1.29, 1.82) is 0 Å². The van der Waals surface area contributed by atoms with Crippen molar-refractivity contribution in [2.75, 3.05) is 27.4 Å². The molecule has 7 aromatic rings. The first kappa shape index (κ1) is 41.9. The second-order valence-corrected chi connectivity index (χ2v) is 19.1. The summed E-state index contributed by atoms with van der Waals surface area (Å²) in [6.45, 7) is 4.87. The van der Waals surface area contributed by atoms with Crippen LogP contribution in [0.25, 0.3) is 54.7 Å². The van der Waals surface area contributed by atoms with Crippen molar-refractivity contribution >= 4 is 67.4 Å². The Labute approximate surface area is 381 Å². The SMILES string of the molecule is COC[C@H]1C[C@@H](c2nc3ccc4cc(-c5ccc6c(ccc7nc([C@@H]8C[C@H]9C[C@H]9N8C(=O)[C@@H](NC(=O)OC)C(C)C)[nH]c76)c5)ccc4c3[nH]2)N(C(=O)[C@H](NC(=O)C2CC2)c2ccccc2)C1. The highest BCUT2D eigenvalue weighted by Crippen LogP contribution is 2.53. The summed E-state index contributed by atoms with van der Waals surface area (Å²) in [6, 6.07) is 28.9. The number of nitrogens with zero attached hydrogens (tertiary/aromatic N) is 4. The number of rotatable bonds is 12. The van der Waals surface area contributed by atoms with Crippen LogP contribution in [-0.2, 0) is 23.9 Å². The summed E-state index contributed by atoms with van der Waals surface area (Å²) in [5.41, 5.74) is 6.42. The van der Waals surface area contributed by atoms with Crippen LogP contribution < -0.4 is 10.6 Å². The molecule has 0 radical (unpaired) electrons. The fourth-order valence-electron chi connectivity index (χ4n) is 10.7. The third-order valence-electron chi connectivity index (χ3n) is 14.4. The predicted molar refractivity (Wildman–Crippen MR) is 251 cm³/mol. The number of fused-ring (bicyclic) bond motifs is 7. The molecule has 2 aliphatic carbocycles. The molecule has 7 atom stereocenters. The Kier molecular flexibility index (Phi) is 10.5. The maximum Gasteiger partial charge on any atom is 0.407 e. The van der Waals surface area contributed by atoms with Gasteiger partial charge in [-0.25, -0.2) is 14.8 Å². The molecule has 14 nitrogen and oxygen atoms in total. The zero-order chi connectivity index (χ0) is 45.4. The molecule has 4 aliphatic rings. The van der Waals surface area contributed by atoms with Gasteiger partial charge in [-0.15, -0.1) is 0 Å². The van der Waals surface area contributed by atoms with Crippen LogP contribution in [0, 0.1) is 23.7 Å². The smallest absolute Gasteiger partial charge is 0.407 e. The molecule has 0 bridgehead atoms. The van der Waals surface area contributed by atoms with Crippen LogP contribution >= 0.6 is 0 Å². The zero-order valence-corrected chi connectivity index (χ0v) is 37.5. The van der Waals surface area contributed by atoms with Gasteiger partial charge in [0, 0.05) is 42.3 Å². The number of aromatic amines is 2. The second-order valence-electron chi connectivity index (χ2n) is 19.1. The fraction of sp³-hybridized carbons (Fsp3) is 0.385. The van der Waals surface area contributed by atoms with Gasteiger partial charge in [-0.1, -0.05) is 80.6 Å². The topological polar surface area (TPSA) is 175 Å². The summed E-state index contributed by atoms with van der Waals surface area (Å²) in [4.78, 5) is 75.1. The molecule has 2 aliphatic heterocycles. The van der Waals surface area contributed by atoms with E-state index in [1.54, 1.807) is 7.11 Å². The third-order valence-corrected chi connectivity index (χ3v) is 14.4. The van der Waals surface area contributed by atoms with E-state index in [9.17, 15) is 19.2 Å². The first-order valence-electron chi connectivity index (χ1n) is 23.2. The number of carbonyl (C=O) groups excluding carboxylic acids is 4. The number of nitrogens with one attached hydrogen (secondary N) is 4. The quantitative estimate of drug-likeness (QED) is 0.0949. The molecule has 2 aromatic heterocycles. The molecular weight excluding hydrogens is 833 g/mol. The maximum atomic E-state index is 14.6.